The van der Waals surface area contributed by atoms with Gasteiger partial charge in [-0.05, 0) is 25.2 Å². The summed E-state index contributed by atoms with van der Waals surface area (Å²) in [5, 5.41) is 6.45. The molecule has 2 unspecified atom stereocenters. The Bertz CT molecular complexity index is 710. The number of amides is 1. The third-order valence-electron chi connectivity index (χ3n) is 3.66. The van der Waals surface area contributed by atoms with E-state index in [-0.39, 0.29) is 17.1 Å². The average Bonchev–Trinajstić information content (AvgIpc) is 3.01. The number of aromatic amines is 1. The molecule has 0 saturated heterocycles. The van der Waals surface area contributed by atoms with Crippen LogP contribution in [0, 0.1) is 0 Å². The van der Waals surface area contributed by atoms with Gasteiger partial charge in [-0.25, -0.2) is 13.2 Å². The fourth-order valence-corrected chi connectivity index (χ4v) is 2.49. The van der Waals surface area contributed by atoms with E-state index in [1.54, 1.807) is 6.92 Å². The van der Waals surface area contributed by atoms with Gasteiger partial charge in [-0.15, -0.1) is 0 Å². The molecule has 122 valence electrons. The van der Waals surface area contributed by atoms with Crippen LogP contribution in [0.5, 0.6) is 0 Å². The summed E-state index contributed by atoms with van der Waals surface area (Å²) in [5.74, 6) is -0.437. The van der Waals surface area contributed by atoms with E-state index >= 15 is 0 Å². The van der Waals surface area contributed by atoms with Crippen molar-refractivity contribution in [3.05, 3.63) is 36.1 Å². The van der Waals surface area contributed by atoms with Crippen LogP contribution in [0.1, 0.15) is 6.92 Å². The Kier molecular flexibility index (Phi) is 3.59. The fourth-order valence-electron chi connectivity index (χ4n) is 2.49. The van der Waals surface area contributed by atoms with E-state index in [1.165, 1.54) is 17.2 Å². The predicted molar refractivity (Wildman–Crippen MR) is 78.0 cm³/mol. The quantitative estimate of drug-likeness (QED) is 0.879. The number of rotatable bonds is 3. The van der Waals surface area contributed by atoms with Gasteiger partial charge in [0.05, 0.1) is 11.3 Å². The highest BCUT2D eigenvalue weighted by Crippen LogP contribution is 2.33. The topological polar surface area (TPSA) is 87.4 Å². The molecule has 2 aliphatic rings. The molecule has 3 atom stereocenters. The number of alkyl halides is 3. The third kappa shape index (κ3) is 2.46. The Labute approximate surface area is 129 Å². The van der Waals surface area contributed by atoms with Crippen molar-refractivity contribution in [3.63, 3.8) is 0 Å². The van der Waals surface area contributed by atoms with Gasteiger partial charge in [0.15, 0.2) is 5.82 Å². The lowest BCUT2D eigenvalue weighted by molar-refractivity contribution is -0.115. The van der Waals surface area contributed by atoms with Crippen LogP contribution in [0.3, 0.4) is 0 Å². The molecule has 3 rings (SSSR count). The zero-order valence-electron chi connectivity index (χ0n) is 12.1. The van der Waals surface area contributed by atoms with Crippen LogP contribution in [0.2, 0.25) is 0 Å². The summed E-state index contributed by atoms with van der Waals surface area (Å²) >= 11 is 0. The fraction of sp³-hybridized carbons (Fsp3) is 0.357. The van der Waals surface area contributed by atoms with Gasteiger partial charge in [0.2, 0.25) is 5.67 Å². The summed E-state index contributed by atoms with van der Waals surface area (Å²) in [7, 11) is 0. The number of nitrogens with two attached hydrogens (primary N) is 1. The van der Waals surface area contributed by atoms with E-state index < -0.39 is 30.2 Å². The van der Waals surface area contributed by atoms with Gasteiger partial charge < -0.3 is 5.73 Å². The van der Waals surface area contributed by atoms with Crippen LogP contribution < -0.4 is 10.6 Å². The van der Waals surface area contributed by atoms with E-state index in [4.69, 9.17) is 5.73 Å². The standard InChI is InChI=1S/C14H14F3N5O/c1-7(18)11-20-9-2-4-14(17,13(15)16)6-8(9)12(23)22(11)10-3-5-19-21-10/h2-7,11,13H,18H2,1H3,(H,19,21)/t7?,11-,14?/m0/s1. The zero-order chi connectivity index (χ0) is 16.8. The Hall–Kier alpha value is -2.42. The number of allylic oxidation sites excluding steroid dienone is 3. The smallest absolute Gasteiger partial charge is 0.279 e. The van der Waals surface area contributed by atoms with Gasteiger partial charge in [0.25, 0.3) is 12.3 Å². The SMILES string of the molecule is CC(N)[C@H]1N=C2C=CC(F)(C(F)F)C=C2C(=O)N1c1cc[nH]n1. The number of fused-ring (bicyclic) bond motifs is 1. The van der Waals surface area contributed by atoms with Gasteiger partial charge in [-0.1, -0.05) is 0 Å². The van der Waals surface area contributed by atoms with Crippen LogP contribution in [0.25, 0.3) is 0 Å². The maximum absolute atomic E-state index is 14.2. The summed E-state index contributed by atoms with van der Waals surface area (Å²) < 4.78 is 40.0. The number of aliphatic imine (C=N–C) groups is 1. The van der Waals surface area contributed by atoms with E-state index in [2.05, 4.69) is 15.2 Å². The zero-order valence-corrected chi connectivity index (χ0v) is 12.1. The molecule has 0 saturated carbocycles. The summed E-state index contributed by atoms with van der Waals surface area (Å²) in [5.41, 5.74) is 2.79. The van der Waals surface area contributed by atoms with Crippen molar-refractivity contribution in [2.75, 3.05) is 4.90 Å². The number of anilines is 1. The van der Waals surface area contributed by atoms with Crippen molar-refractivity contribution in [1.82, 2.24) is 10.2 Å². The summed E-state index contributed by atoms with van der Waals surface area (Å²) in [6.07, 6.45) is -0.150. The molecule has 0 bridgehead atoms. The van der Waals surface area contributed by atoms with Crippen molar-refractivity contribution in [1.29, 1.82) is 0 Å². The summed E-state index contributed by atoms with van der Waals surface area (Å²) in [4.78, 5) is 18.2. The number of carbonyl (C=O) groups is 1. The van der Waals surface area contributed by atoms with E-state index in [9.17, 15) is 18.0 Å². The molecule has 2 heterocycles. The number of nitrogens with one attached hydrogen (secondary N) is 1. The number of hydrogen-bond acceptors (Lipinski definition) is 4. The van der Waals surface area contributed by atoms with Crippen LogP contribution in [0.15, 0.2) is 41.1 Å². The van der Waals surface area contributed by atoms with E-state index in [0.717, 1.165) is 6.08 Å². The number of H-pyrrole nitrogens is 1. The molecule has 0 radical (unpaired) electrons. The lowest BCUT2D eigenvalue weighted by Gasteiger charge is -2.36. The maximum atomic E-state index is 14.2. The Balaban J connectivity index is 2.11. The second kappa shape index (κ2) is 5.34. The monoisotopic (exact) mass is 325 g/mol. The highest BCUT2D eigenvalue weighted by atomic mass is 19.3. The van der Waals surface area contributed by atoms with Gasteiger partial charge >= 0.3 is 0 Å². The molecule has 0 fully saturated rings. The molecule has 0 aromatic carbocycles. The van der Waals surface area contributed by atoms with Gasteiger partial charge in [0, 0.05) is 18.3 Å². The molecular formula is C14H14F3N5O. The third-order valence-corrected chi connectivity index (χ3v) is 3.66. The Morgan fingerprint density at radius 2 is 2.22 bits per heavy atom. The number of halogens is 3. The molecule has 1 amide bonds. The summed E-state index contributed by atoms with van der Waals surface area (Å²) in [6, 6.07) is 0.980. The highest BCUT2D eigenvalue weighted by Gasteiger charge is 2.44. The maximum Gasteiger partial charge on any atom is 0.279 e. The van der Waals surface area contributed by atoms with Crippen molar-refractivity contribution < 1.29 is 18.0 Å². The number of aromatic nitrogens is 2. The molecule has 1 aliphatic heterocycles. The molecule has 3 N–H and O–H groups in total. The lowest BCUT2D eigenvalue weighted by atomic mass is 9.91. The first kappa shape index (κ1) is 15.5. The van der Waals surface area contributed by atoms with Crippen LogP contribution in [-0.4, -0.2) is 46.1 Å². The molecule has 23 heavy (non-hydrogen) atoms. The normalized spacial score (nSPS) is 28.5. The molecule has 6 nitrogen and oxygen atoms in total. The van der Waals surface area contributed by atoms with E-state index in [0.29, 0.717) is 12.2 Å². The largest absolute Gasteiger partial charge is 0.325 e. The van der Waals surface area contributed by atoms with Gasteiger partial charge in [-0.3, -0.25) is 19.8 Å². The van der Waals surface area contributed by atoms with E-state index in [1.807, 2.05) is 0 Å². The van der Waals surface area contributed by atoms with Crippen molar-refractivity contribution in [3.8, 4) is 0 Å². The molecular weight excluding hydrogens is 311 g/mol. The van der Waals surface area contributed by atoms with Crippen LogP contribution in [-0.2, 0) is 4.79 Å². The van der Waals surface area contributed by atoms with Crippen molar-refractivity contribution in [2.24, 2.45) is 10.7 Å². The Morgan fingerprint density at radius 1 is 1.48 bits per heavy atom. The molecule has 9 heteroatoms. The molecule has 1 aliphatic carbocycles. The van der Waals surface area contributed by atoms with Crippen molar-refractivity contribution in [2.45, 2.75) is 31.2 Å². The minimum Gasteiger partial charge on any atom is -0.325 e. The van der Waals surface area contributed by atoms with Crippen molar-refractivity contribution >= 4 is 17.4 Å². The summed E-state index contributed by atoms with van der Waals surface area (Å²) in [6.45, 7) is 1.65. The second-order valence-corrected chi connectivity index (χ2v) is 5.41. The molecule has 1 aromatic rings. The average molecular weight is 325 g/mol. The first-order valence-electron chi connectivity index (χ1n) is 6.90. The first-order valence-corrected chi connectivity index (χ1v) is 6.90. The number of hydrogen-bond donors (Lipinski definition) is 2. The van der Waals surface area contributed by atoms with Gasteiger partial charge in [0.1, 0.15) is 6.17 Å². The van der Waals surface area contributed by atoms with Crippen LogP contribution >= 0.6 is 0 Å². The number of nitrogens with zero attached hydrogens (tertiary/aromatic N) is 3. The lowest BCUT2D eigenvalue weighted by Crippen LogP contribution is -2.54. The minimum absolute atomic E-state index is 0.137. The minimum atomic E-state index is -3.29. The van der Waals surface area contributed by atoms with Gasteiger partial charge in [-0.2, -0.15) is 5.10 Å². The first-order chi connectivity index (χ1) is 10.8. The van der Waals surface area contributed by atoms with Crippen LogP contribution in [0.4, 0.5) is 19.0 Å². The Morgan fingerprint density at radius 3 is 2.78 bits per heavy atom. The number of carbonyl (C=O) groups excluding carboxylic acids is 1. The second-order valence-electron chi connectivity index (χ2n) is 5.41. The predicted octanol–water partition coefficient (Wildman–Crippen LogP) is 1.34. The highest BCUT2D eigenvalue weighted by molar-refractivity contribution is 6.31. The molecule has 0 spiro atoms. The molecule has 1 aromatic heterocycles.